The van der Waals surface area contributed by atoms with E-state index in [0.29, 0.717) is 12.0 Å². The molecule has 0 aromatic heterocycles. The molecule has 1 amide bonds. The van der Waals surface area contributed by atoms with Crippen molar-refractivity contribution in [2.75, 3.05) is 7.11 Å². The molecule has 1 rings (SSSR count). The molecule has 0 heterocycles. The fourth-order valence-corrected chi connectivity index (χ4v) is 1.43. The highest BCUT2D eigenvalue weighted by Crippen LogP contribution is 2.23. The average Bonchev–Trinajstić information content (AvgIpc) is 2.28. The van der Waals surface area contributed by atoms with E-state index in [1.54, 1.807) is 0 Å². The molecule has 1 aromatic carbocycles. The second-order valence-electron chi connectivity index (χ2n) is 3.33. The van der Waals surface area contributed by atoms with Crippen LogP contribution in [0.5, 0.6) is 5.75 Å². The van der Waals surface area contributed by atoms with Crippen molar-refractivity contribution in [3.8, 4) is 5.75 Å². The van der Waals surface area contributed by atoms with Crippen molar-refractivity contribution in [1.29, 1.82) is 0 Å². The van der Waals surface area contributed by atoms with Crippen LogP contribution in [0.1, 0.15) is 18.0 Å². The standard InChI is InChI=1S/C11H12FNO4/c1-17-10-3-2-7(4-8(10)12)9(13-6-14)5-11(15)16/h2-4,6,9H,5H2,1H3,(H,13,14)(H,15,16)/t9-/m1/s1. The summed E-state index contributed by atoms with van der Waals surface area (Å²) >= 11 is 0. The van der Waals surface area contributed by atoms with Crippen LogP contribution in [0, 0.1) is 5.82 Å². The van der Waals surface area contributed by atoms with Crippen molar-refractivity contribution in [3.05, 3.63) is 29.6 Å². The van der Waals surface area contributed by atoms with E-state index in [-0.39, 0.29) is 12.2 Å². The molecule has 0 saturated carbocycles. The molecule has 1 atom stereocenters. The van der Waals surface area contributed by atoms with Gasteiger partial charge in [-0.15, -0.1) is 0 Å². The first kappa shape index (κ1) is 13.0. The summed E-state index contributed by atoms with van der Waals surface area (Å²) in [5.74, 6) is -1.62. The zero-order valence-corrected chi connectivity index (χ0v) is 9.14. The Morgan fingerprint density at radius 3 is 2.82 bits per heavy atom. The van der Waals surface area contributed by atoms with Crippen molar-refractivity contribution < 1.29 is 23.8 Å². The highest BCUT2D eigenvalue weighted by Gasteiger charge is 2.16. The van der Waals surface area contributed by atoms with E-state index < -0.39 is 17.8 Å². The number of carboxylic acids is 1. The SMILES string of the molecule is COc1ccc([C@@H](CC(=O)O)NC=O)cc1F. The molecule has 5 nitrogen and oxygen atoms in total. The summed E-state index contributed by atoms with van der Waals surface area (Å²) < 4.78 is 18.1. The van der Waals surface area contributed by atoms with Crippen LogP contribution in [0.15, 0.2) is 18.2 Å². The third-order valence-electron chi connectivity index (χ3n) is 2.23. The summed E-state index contributed by atoms with van der Waals surface area (Å²) in [4.78, 5) is 20.9. The topological polar surface area (TPSA) is 75.6 Å². The molecule has 0 unspecified atom stereocenters. The molecule has 0 aliphatic carbocycles. The Labute approximate surface area is 97.2 Å². The molecular formula is C11H12FNO4. The summed E-state index contributed by atoms with van der Waals surface area (Å²) in [6, 6.07) is 3.27. The second kappa shape index (κ2) is 5.83. The van der Waals surface area contributed by atoms with Crippen molar-refractivity contribution in [3.63, 3.8) is 0 Å². The summed E-state index contributed by atoms with van der Waals surface area (Å²) in [7, 11) is 1.33. The minimum Gasteiger partial charge on any atom is -0.494 e. The van der Waals surface area contributed by atoms with Crippen molar-refractivity contribution in [1.82, 2.24) is 5.32 Å². The fourth-order valence-electron chi connectivity index (χ4n) is 1.43. The van der Waals surface area contributed by atoms with Crippen LogP contribution in [-0.2, 0) is 9.59 Å². The van der Waals surface area contributed by atoms with Crippen molar-refractivity contribution in [2.24, 2.45) is 0 Å². The lowest BCUT2D eigenvalue weighted by molar-refractivity contribution is -0.137. The van der Waals surface area contributed by atoms with Gasteiger partial charge in [-0.1, -0.05) is 6.07 Å². The molecule has 0 fully saturated rings. The van der Waals surface area contributed by atoms with E-state index in [9.17, 15) is 14.0 Å². The summed E-state index contributed by atoms with van der Waals surface area (Å²) in [5.41, 5.74) is 0.373. The lowest BCUT2D eigenvalue weighted by atomic mass is 10.0. The summed E-state index contributed by atoms with van der Waals surface area (Å²) in [6.45, 7) is 0. The highest BCUT2D eigenvalue weighted by molar-refractivity contribution is 5.68. The fraction of sp³-hybridized carbons (Fsp3) is 0.273. The van der Waals surface area contributed by atoms with Crippen molar-refractivity contribution >= 4 is 12.4 Å². The third-order valence-corrected chi connectivity index (χ3v) is 2.23. The molecule has 2 N–H and O–H groups in total. The van der Waals surface area contributed by atoms with Crippen LogP contribution in [0.4, 0.5) is 4.39 Å². The van der Waals surface area contributed by atoms with Crippen LogP contribution < -0.4 is 10.1 Å². The Balaban J connectivity index is 2.97. The van der Waals surface area contributed by atoms with Gasteiger partial charge in [0.1, 0.15) is 0 Å². The number of methoxy groups -OCH3 is 1. The van der Waals surface area contributed by atoms with E-state index in [2.05, 4.69) is 5.32 Å². The number of hydrogen-bond acceptors (Lipinski definition) is 3. The van der Waals surface area contributed by atoms with Gasteiger partial charge < -0.3 is 15.2 Å². The minimum absolute atomic E-state index is 0.0638. The Hall–Kier alpha value is -2.11. The van der Waals surface area contributed by atoms with Gasteiger partial charge in [-0.25, -0.2) is 4.39 Å². The van der Waals surface area contributed by atoms with Gasteiger partial charge in [0, 0.05) is 0 Å². The van der Waals surface area contributed by atoms with Crippen LogP contribution >= 0.6 is 0 Å². The Morgan fingerprint density at radius 1 is 1.65 bits per heavy atom. The maximum atomic E-state index is 13.4. The zero-order valence-electron chi connectivity index (χ0n) is 9.14. The number of halogens is 1. The van der Waals surface area contributed by atoms with E-state index >= 15 is 0 Å². The van der Waals surface area contributed by atoms with E-state index in [4.69, 9.17) is 9.84 Å². The lowest BCUT2D eigenvalue weighted by Gasteiger charge is -2.15. The second-order valence-corrected chi connectivity index (χ2v) is 3.33. The number of carbonyl (C=O) groups is 2. The number of benzene rings is 1. The van der Waals surface area contributed by atoms with Gasteiger partial charge in [0.2, 0.25) is 6.41 Å². The van der Waals surface area contributed by atoms with Gasteiger partial charge in [0.15, 0.2) is 11.6 Å². The van der Waals surface area contributed by atoms with Crippen LogP contribution in [0.3, 0.4) is 0 Å². The molecule has 92 valence electrons. The molecule has 0 saturated heterocycles. The van der Waals surface area contributed by atoms with Crippen molar-refractivity contribution in [2.45, 2.75) is 12.5 Å². The van der Waals surface area contributed by atoms with Gasteiger partial charge in [-0.3, -0.25) is 9.59 Å². The molecular weight excluding hydrogens is 229 g/mol. The predicted octanol–water partition coefficient (Wildman–Crippen LogP) is 1.10. The molecule has 6 heteroatoms. The maximum absolute atomic E-state index is 13.4. The molecule has 1 aromatic rings. The van der Waals surface area contributed by atoms with E-state index in [1.165, 1.54) is 19.2 Å². The summed E-state index contributed by atoms with van der Waals surface area (Å²) in [5, 5.41) is 11.0. The average molecular weight is 241 g/mol. The van der Waals surface area contributed by atoms with Gasteiger partial charge in [0.05, 0.1) is 19.6 Å². The molecule has 0 spiro atoms. The normalized spacial score (nSPS) is 11.6. The number of rotatable bonds is 6. The molecule has 0 radical (unpaired) electrons. The molecule has 17 heavy (non-hydrogen) atoms. The largest absolute Gasteiger partial charge is 0.494 e. The number of ether oxygens (including phenoxy) is 1. The molecule has 0 aliphatic heterocycles. The first-order valence-electron chi connectivity index (χ1n) is 4.83. The third kappa shape index (κ3) is 3.44. The van der Waals surface area contributed by atoms with Gasteiger partial charge in [0.25, 0.3) is 0 Å². The number of amides is 1. The van der Waals surface area contributed by atoms with E-state index in [1.807, 2.05) is 0 Å². The summed E-state index contributed by atoms with van der Waals surface area (Å²) in [6.07, 6.45) is 0.0697. The van der Waals surface area contributed by atoms with Crippen LogP contribution in [0.25, 0.3) is 0 Å². The van der Waals surface area contributed by atoms with Gasteiger partial charge in [-0.05, 0) is 17.7 Å². The minimum atomic E-state index is -1.08. The lowest BCUT2D eigenvalue weighted by Crippen LogP contribution is -2.22. The maximum Gasteiger partial charge on any atom is 0.305 e. The first-order chi connectivity index (χ1) is 8.08. The number of carboxylic acid groups (broad SMARTS) is 1. The van der Waals surface area contributed by atoms with Gasteiger partial charge in [-0.2, -0.15) is 0 Å². The van der Waals surface area contributed by atoms with Crippen LogP contribution in [0.2, 0.25) is 0 Å². The molecule has 0 bridgehead atoms. The predicted molar refractivity (Wildman–Crippen MR) is 57.1 cm³/mol. The number of carbonyl (C=O) groups excluding carboxylic acids is 1. The monoisotopic (exact) mass is 241 g/mol. The Bertz CT molecular complexity index is 422. The first-order valence-corrected chi connectivity index (χ1v) is 4.83. The quantitative estimate of drug-likeness (QED) is 0.731. The number of nitrogens with one attached hydrogen (secondary N) is 1. The van der Waals surface area contributed by atoms with Crippen LogP contribution in [-0.4, -0.2) is 24.6 Å². The van der Waals surface area contributed by atoms with Gasteiger partial charge >= 0.3 is 5.97 Å². The number of aliphatic carboxylic acids is 1. The zero-order chi connectivity index (χ0) is 12.8. The number of hydrogen-bond donors (Lipinski definition) is 2. The Kier molecular flexibility index (Phi) is 4.45. The smallest absolute Gasteiger partial charge is 0.305 e. The highest BCUT2D eigenvalue weighted by atomic mass is 19.1. The molecule has 0 aliphatic rings. The van der Waals surface area contributed by atoms with E-state index in [0.717, 1.165) is 6.07 Å². The Morgan fingerprint density at radius 2 is 2.35 bits per heavy atom.